The third-order valence-corrected chi connectivity index (χ3v) is 3.85. The molecule has 0 aliphatic carbocycles. The average molecular weight is 288 g/mol. The number of benzene rings is 1. The zero-order valence-electron chi connectivity index (χ0n) is 10.5. The van der Waals surface area contributed by atoms with Crippen LogP contribution in [0.2, 0.25) is 0 Å². The standard InChI is InChI=1S/C13H12N4O2S/c14-7-11-1-3-12(4-2-11)9-20(18,19)17-8-13-5-6-15-10-16-13/h1-6,10,17H,8-9H2. The van der Waals surface area contributed by atoms with Gasteiger partial charge in [0.2, 0.25) is 10.0 Å². The first-order valence-corrected chi connectivity index (χ1v) is 7.45. The van der Waals surface area contributed by atoms with Crippen LogP contribution in [0.4, 0.5) is 0 Å². The molecule has 0 bridgehead atoms. The second kappa shape index (κ2) is 6.23. The summed E-state index contributed by atoms with van der Waals surface area (Å²) in [6.07, 6.45) is 2.92. The lowest BCUT2D eigenvalue weighted by atomic mass is 10.2. The molecule has 102 valence electrons. The highest BCUT2D eigenvalue weighted by Gasteiger charge is 2.11. The summed E-state index contributed by atoms with van der Waals surface area (Å²) in [6.45, 7) is 0.126. The summed E-state index contributed by atoms with van der Waals surface area (Å²) in [5.41, 5.74) is 1.72. The number of aromatic nitrogens is 2. The third-order valence-electron chi connectivity index (χ3n) is 2.56. The van der Waals surface area contributed by atoms with Gasteiger partial charge in [0.1, 0.15) is 6.33 Å². The van der Waals surface area contributed by atoms with Crippen LogP contribution in [0.25, 0.3) is 0 Å². The fourth-order valence-electron chi connectivity index (χ4n) is 1.55. The molecule has 1 heterocycles. The molecular weight excluding hydrogens is 276 g/mol. The molecule has 0 fully saturated rings. The third kappa shape index (κ3) is 4.12. The molecular formula is C13H12N4O2S. The van der Waals surface area contributed by atoms with Gasteiger partial charge < -0.3 is 0 Å². The second-order valence-corrected chi connectivity index (χ2v) is 5.90. The predicted octanol–water partition coefficient (Wildman–Crippen LogP) is 0.968. The first-order chi connectivity index (χ1) is 9.59. The summed E-state index contributed by atoms with van der Waals surface area (Å²) < 4.78 is 26.3. The number of rotatable bonds is 5. The van der Waals surface area contributed by atoms with Crippen molar-refractivity contribution in [3.05, 3.63) is 59.7 Å². The van der Waals surface area contributed by atoms with Crippen molar-refractivity contribution in [1.82, 2.24) is 14.7 Å². The summed E-state index contributed by atoms with van der Waals surface area (Å²) >= 11 is 0. The lowest BCUT2D eigenvalue weighted by Gasteiger charge is -2.06. The smallest absolute Gasteiger partial charge is 0.216 e. The van der Waals surface area contributed by atoms with Crippen LogP contribution in [0.15, 0.2) is 42.9 Å². The molecule has 0 aliphatic rings. The minimum absolute atomic E-state index is 0.126. The van der Waals surface area contributed by atoms with Gasteiger partial charge in [-0.25, -0.2) is 23.1 Å². The van der Waals surface area contributed by atoms with E-state index in [1.807, 2.05) is 6.07 Å². The molecule has 1 N–H and O–H groups in total. The Kier molecular flexibility index (Phi) is 4.40. The van der Waals surface area contributed by atoms with E-state index in [0.29, 0.717) is 16.8 Å². The largest absolute Gasteiger partial charge is 0.245 e. The molecule has 0 unspecified atom stereocenters. The highest BCUT2D eigenvalue weighted by Crippen LogP contribution is 2.07. The summed E-state index contributed by atoms with van der Waals surface area (Å²) in [7, 11) is -3.45. The molecule has 6 nitrogen and oxygen atoms in total. The van der Waals surface area contributed by atoms with Crippen molar-refractivity contribution in [3.8, 4) is 6.07 Å². The summed E-state index contributed by atoms with van der Waals surface area (Å²) in [5.74, 6) is -0.135. The monoisotopic (exact) mass is 288 g/mol. The molecule has 1 aromatic heterocycles. The maximum Gasteiger partial charge on any atom is 0.216 e. The van der Waals surface area contributed by atoms with E-state index < -0.39 is 10.0 Å². The molecule has 0 saturated carbocycles. The van der Waals surface area contributed by atoms with Crippen molar-refractivity contribution in [2.24, 2.45) is 0 Å². The van der Waals surface area contributed by atoms with E-state index in [1.165, 1.54) is 6.33 Å². The van der Waals surface area contributed by atoms with Gasteiger partial charge in [0.25, 0.3) is 0 Å². The highest BCUT2D eigenvalue weighted by molar-refractivity contribution is 7.88. The van der Waals surface area contributed by atoms with Crippen molar-refractivity contribution in [1.29, 1.82) is 5.26 Å². The Morgan fingerprint density at radius 3 is 2.55 bits per heavy atom. The SMILES string of the molecule is N#Cc1ccc(CS(=O)(=O)NCc2ccncn2)cc1. The minimum Gasteiger partial charge on any atom is -0.245 e. The van der Waals surface area contributed by atoms with Gasteiger partial charge in [-0.3, -0.25) is 0 Å². The van der Waals surface area contributed by atoms with Crippen LogP contribution in [0.3, 0.4) is 0 Å². The summed E-state index contributed by atoms with van der Waals surface area (Å²) in [6, 6.07) is 10.1. The van der Waals surface area contributed by atoms with Gasteiger partial charge in [-0.1, -0.05) is 12.1 Å². The average Bonchev–Trinajstić information content (AvgIpc) is 2.47. The molecule has 2 rings (SSSR count). The number of nitrogens with one attached hydrogen (secondary N) is 1. The Labute approximate surface area is 117 Å². The molecule has 0 atom stereocenters. The van der Waals surface area contributed by atoms with Gasteiger partial charge in [-0.15, -0.1) is 0 Å². The van der Waals surface area contributed by atoms with E-state index >= 15 is 0 Å². The van der Waals surface area contributed by atoms with Gasteiger partial charge in [0, 0.05) is 6.20 Å². The molecule has 0 amide bonds. The first kappa shape index (κ1) is 14.1. The van der Waals surface area contributed by atoms with Crippen LogP contribution in [-0.2, 0) is 22.3 Å². The van der Waals surface area contributed by atoms with E-state index in [4.69, 9.17) is 5.26 Å². The summed E-state index contributed by atoms with van der Waals surface area (Å²) in [5, 5.41) is 8.68. The Hall–Kier alpha value is -2.30. The Morgan fingerprint density at radius 1 is 1.20 bits per heavy atom. The van der Waals surface area contributed by atoms with Crippen LogP contribution in [-0.4, -0.2) is 18.4 Å². The van der Waals surface area contributed by atoms with Crippen LogP contribution in [0, 0.1) is 11.3 Å². The van der Waals surface area contributed by atoms with Gasteiger partial charge in [0.15, 0.2) is 0 Å². The van der Waals surface area contributed by atoms with Crippen molar-refractivity contribution in [2.45, 2.75) is 12.3 Å². The number of nitriles is 1. The molecule has 0 spiro atoms. The van der Waals surface area contributed by atoms with E-state index in [0.717, 1.165) is 0 Å². The maximum atomic E-state index is 11.9. The fraction of sp³-hybridized carbons (Fsp3) is 0.154. The molecule has 20 heavy (non-hydrogen) atoms. The highest BCUT2D eigenvalue weighted by atomic mass is 32.2. The van der Waals surface area contributed by atoms with Gasteiger partial charge in [-0.2, -0.15) is 5.26 Å². The second-order valence-electron chi connectivity index (χ2n) is 4.09. The molecule has 0 aliphatic heterocycles. The molecule has 1 aromatic carbocycles. The van der Waals surface area contributed by atoms with Crippen molar-refractivity contribution in [2.75, 3.05) is 0 Å². The molecule has 0 radical (unpaired) electrons. The normalized spacial score (nSPS) is 10.9. The number of sulfonamides is 1. The van der Waals surface area contributed by atoms with Gasteiger partial charge in [-0.05, 0) is 23.8 Å². The quantitative estimate of drug-likeness (QED) is 0.884. The maximum absolute atomic E-state index is 11.9. The van der Waals surface area contributed by atoms with Crippen LogP contribution in [0.1, 0.15) is 16.8 Å². The molecule has 7 heteroatoms. The van der Waals surface area contributed by atoms with Crippen LogP contribution >= 0.6 is 0 Å². The first-order valence-electron chi connectivity index (χ1n) is 5.80. The topological polar surface area (TPSA) is 95.7 Å². The lowest BCUT2D eigenvalue weighted by molar-refractivity contribution is 0.579. The summed E-state index contributed by atoms with van der Waals surface area (Å²) in [4.78, 5) is 7.70. The van der Waals surface area contributed by atoms with Crippen molar-refractivity contribution < 1.29 is 8.42 Å². The van der Waals surface area contributed by atoms with E-state index in [-0.39, 0.29) is 12.3 Å². The van der Waals surface area contributed by atoms with Crippen LogP contribution < -0.4 is 4.72 Å². The molecule has 0 saturated heterocycles. The predicted molar refractivity (Wildman–Crippen MR) is 72.7 cm³/mol. The van der Waals surface area contributed by atoms with E-state index in [2.05, 4.69) is 14.7 Å². The van der Waals surface area contributed by atoms with Crippen molar-refractivity contribution >= 4 is 10.0 Å². The Morgan fingerprint density at radius 2 is 1.95 bits per heavy atom. The lowest BCUT2D eigenvalue weighted by Crippen LogP contribution is -2.25. The zero-order chi connectivity index (χ0) is 14.4. The number of hydrogen-bond acceptors (Lipinski definition) is 5. The van der Waals surface area contributed by atoms with Crippen LogP contribution in [0.5, 0.6) is 0 Å². The Bertz CT molecular complexity index is 706. The van der Waals surface area contributed by atoms with Crippen molar-refractivity contribution in [3.63, 3.8) is 0 Å². The number of nitrogens with zero attached hydrogens (tertiary/aromatic N) is 3. The van der Waals surface area contributed by atoms with Gasteiger partial charge in [0.05, 0.1) is 29.6 Å². The minimum atomic E-state index is -3.45. The Balaban J connectivity index is 1.98. The molecule has 2 aromatic rings. The number of hydrogen-bond donors (Lipinski definition) is 1. The fourth-order valence-corrected chi connectivity index (χ4v) is 2.65. The van der Waals surface area contributed by atoms with E-state index in [1.54, 1.807) is 36.5 Å². The zero-order valence-corrected chi connectivity index (χ0v) is 11.3. The van der Waals surface area contributed by atoms with Gasteiger partial charge >= 0.3 is 0 Å². The van der Waals surface area contributed by atoms with E-state index in [9.17, 15) is 8.42 Å².